The molecule has 28 heavy (non-hydrogen) atoms. The normalized spacial score (nSPS) is 11.2. The first-order valence-corrected chi connectivity index (χ1v) is 11.2. The van der Waals surface area contributed by atoms with Gasteiger partial charge >= 0.3 is 0 Å². The summed E-state index contributed by atoms with van der Waals surface area (Å²) in [5.74, 6) is -0.204. The van der Waals surface area contributed by atoms with Gasteiger partial charge in [-0.1, -0.05) is 29.8 Å². The maximum Gasteiger partial charge on any atom is 0.273 e. The van der Waals surface area contributed by atoms with Gasteiger partial charge in [-0.15, -0.1) is 11.3 Å². The van der Waals surface area contributed by atoms with Crippen molar-refractivity contribution in [1.82, 2.24) is 5.32 Å². The quantitative estimate of drug-likeness (QED) is 0.606. The van der Waals surface area contributed by atoms with Gasteiger partial charge in [-0.2, -0.15) is 0 Å². The van der Waals surface area contributed by atoms with Crippen molar-refractivity contribution < 1.29 is 13.2 Å². The van der Waals surface area contributed by atoms with Crippen molar-refractivity contribution in [3.05, 3.63) is 82.2 Å². The molecule has 0 saturated heterocycles. The minimum atomic E-state index is -3.59. The number of rotatable bonds is 7. The van der Waals surface area contributed by atoms with E-state index in [0.29, 0.717) is 29.2 Å². The van der Waals surface area contributed by atoms with Gasteiger partial charge in [0, 0.05) is 24.2 Å². The van der Waals surface area contributed by atoms with Crippen LogP contribution >= 0.6 is 22.9 Å². The van der Waals surface area contributed by atoms with Crippen molar-refractivity contribution in [1.29, 1.82) is 0 Å². The lowest BCUT2D eigenvalue weighted by Crippen LogP contribution is -2.27. The van der Waals surface area contributed by atoms with Crippen molar-refractivity contribution >= 4 is 44.6 Å². The molecule has 0 aliphatic rings. The van der Waals surface area contributed by atoms with E-state index >= 15 is 0 Å². The van der Waals surface area contributed by atoms with Crippen molar-refractivity contribution in [3.63, 3.8) is 0 Å². The number of sulfonamides is 1. The molecular weight excluding hydrogens is 416 g/mol. The molecule has 0 unspecified atom stereocenters. The van der Waals surface area contributed by atoms with Crippen LogP contribution in [0.25, 0.3) is 0 Å². The number of carbonyl (C=O) groups is 1. The summed E-state index contributed by atoms with van der Waals surface area (Å²) in [4.78, 5) is 12.3. The second kappa shape index (κ2) is 8.77. The summed E-state index contributed by atoms with van der Waals surface area (Å²) in [6.45, 7) is 0.495. The molecule has 3 rings (SSSR count). The van der Waals surface area contributed by atoms with Crippen molar-refractivity contribution in [2.24, 2.45) is 0 Å². The van der Waals surface area contributed by atoms with Crippen LogP contribution in [0.1, 0.15) is 15.9 Å². The van der Waals surface area contributed by atoms with Crippen molar-refractivity contribution in [3.8, 4) is 0 Å². The van der Waals surface area contributed by atoms with E-state index in [1.165, 1.54) is 22.7 Å². The minimum Gasteiger partial charge on any atom is -0.352 e. The average molecular weight is 435 g/mol. The zero-order valence-corrected chi connectivity index (χ0v) is 17.5. The molecule has 0 atom stereocenters. The van der Waals surface area contributed by atoms with Gasteiger partial charge in [0.1, 0.15) is 4.21 Å². The lowest BCUT2D eigenvalue weighted by atomic mass is 10.1. The molecule has 146 valence electrons. The van der Waals surface area contributed by atoms with E-state index in [1.54, 1.807) is 41.8 Å². The van der Waals surface area contributed by atoms with Crippen LogP contribution in [0.4, 0.5) is 5.69 Å². The third-order valence-corrected chi connectivity index (χ3v) is 7.63. The fraction of sp³-hybridized carbons (Fsp3) is 0.150. The van der Waals surface area contributed by atoms with Gasteiger partial charge in [0.05, 0.1) is 5.69 Å². The average Bonchev–Trinajstić information content (AvgIpc) is 3.25. The summed E-state index contributed by atoms with van der Waals surface area (Å²) in [6, 6.07) is 17.2. The topological polar surface area (TPSA) is 66.5 Å². The standard InChI is InChI=1S/C20H19ClN2O3S2/c1-23(28(25,26)19-3-2-14-27-19)18-10-6-16(7-11-18)20(24)22-13-12-15-4-8-17(21)9-5-15/h2-11,14H,12-13H2,1H3,(H,22,24). The number of nitrogens with zero attached hydrogens (tertiary/aromatic N) is 1. The number of amides is 1. The number of thiophene rings is 1. The second-order valence-corrected chi connectivity index (χ2v) is 9.66. The molecule has 8 heteroatoms. The summed E-state index contributed by atoms with van der Waals surface area (Å²) in [5.41, 5.74) is 2.05. The zero-order chi connectivity index (χ0) is 20.1. The molecule has 0 aliphatic carbocycles. The number of nitrogens with one attached hydrogen (secondary N) is 1. The van der Waals surface area contributed by atoms with E-state index < -0.39 is 10.0 Å². The Labute approximate surface area is 173 Å². The Kier molecular flexibility index (Phi) is 6.39. The Bertz CT molecular complexity index is 1030. The van der Waals surface area contributed by atoms with Gasteiger partial charge in [-0.05, 0) is 59.8 Å². The third kappa shape index (κ3) is 4.73. The fourth-order valence-corrected chi connectivity index (χ4v) is 5.06. The Morgan fingerprint density at radius 2 is 1.75 bits per heavy atom. The van der Waals surface area contributed by atoms with E-state index in [9.17, 15) is 13.2 Å². The van der Waals surface area contributed by atoms with Gasteiger partial charge in [-0.3, -0.25) is 9.10 Å². The molecule has 1 N–H and O–H groups in total. The second-order valence-electron chi connectivity index (χ2n) is 6.08. The van der Waals surface area contributed by atoms with Gasteiger partial charge in [0.25, 0.3) is 15.9 Å². The molecule has 1 amide bonds. The Morgan fingerprint density at radius 1 is 1.07 bits per heavy atom. The predicted octanol–water partition coefficient (Wildman–Crippen LogP) is 4.20. The van der Waals surface area contributed by atoms with E-state index in [0.717, 1.165) is 5.56 Å². The monoisotopic (exact) mass is 434 g/mol. The molecule has 5 nitrogen and oxygen atoms in total. The molecule has 3 aromatic rings. The number of anilines is 1. The van der Waals surface area contributed by atoms with E-state index in [4.69, 9.17) is 11.6 Å². The number of halogens is 1. The SMILES string of the molecule is CN(c1ccc(C(=O)NCCc2ccc(Cl)cc2)cc1)S(=O)(=O)c1cccs1. The molecule has 0 bridgehead atoms. The molecule has 1 heterocycles. The van der Waals surface area contributed by atoms with Crippen LogP contribution in [-0.4, -0.2) is 27.9 Å². The van der Waals surface area contributed by atoms with Crippen LogP contribution in [0.15, 0.2) is 70.3 Å². The summed E-state index contributed by atoms with van der Waals surface area (Å²) < 4.78 is 26.6. The van der Waals surface area contributed by atoms with Crippen molar-refractivity contribution in [2.75, 3.05) is 17.9 Å². The number of benzene rings is 2. The number of hydrogen-bond acceptors (Lipinski definition) is 4. The predicted molar refractivity (Wildman–Crippen MR) is 114 cm³/mol. The molecule has 0 radical (unpaired) electrons. The highest BCUT2D eigenvalue weighted by atomic mass is 35.5. The number of hydrogen-bond donors (Lipinski definition) is 1. The first-order valence-electron chi connectivity index (χ1n) is 8.53. The highest BCUT2D eigenvalue weighted by Crippen LogP contribution is 2.25. The summed E-state index contributed by atoms with van der Waals surface area (Å²) in [6.07, 6.45) is 0.697. The molecule has 0 aliphatic heterocycles. The van der Waals surface area contributed by atoms with Gasteiger partial charge in [0.2, 0.25) is 0 Å². The Hall–Kier alpha value is -2.35. The largest absolute Gasteiger partial charge is 0.352 e. The zero-order valence-electron chi connectivity index (χ0n) is 15.1. The Balaban J connectivity index is 1.60. The maximum atomic E-state index is 12.6. The van der Waals surface area contributed by atoms with Gasteiger partial charge in [0.15, 0.2) is 0 Å². The fourth-order valence-electron chi connectivity index (χ4n) is 2.58. The first kappa shape index (κ1) is 20.4. The summed E-state index contributed by atoms with van der Waals surface area (Å²) in [5, 5.41) is 5.26. The number of carbonyl (C=O) groups excluding carboxylic acids is 1. The van der Waals surface area contributed by atoms with E-state index in [-0.39, 0.29) is 10.1 Å². The highest BCUT2D eigenvalue weighted by molar-refractivity contribution is 7.94. The summed E-state index contributed by atoms with van der Waals surface area (Å²) in [7, 11) is -2.09. The minimum absolute atomic E-state index is 0.204. The van der Waals surface area contributed by atoms with Crippen LogP contribution in [0.2, 0.25) is 5.02 Å². The molecule has 0 saturated carbocycles. The van der Waals surface area contributed by atoms with Crippen LogP contribution < -0.4 is 9.62 Å². The lowest BCUT2D eigenvalue weighted by Gasteiger charge is -2.18. The lowest BCUT2D eigenvalue weighted by molar-refractivity contribution is 0.0954. The Morgan fingerprint density at radius 3 is 2.36 bits per heavy atom. The first-order chi connectivity index (χ1) is 13.4. The smallest absolute Gasteiger partial charge is 0.273 e. The molecule has 1 aromatic heterocycles. The van der Waals surface area contributed by atoms with Crippen molar-refractivity contribution in [2.45, 2.75) is 10.6 Å². The van der Waals surface area contributed by atoms with Gasteiger partial charge in [-0.25, -0.2) is 8.42 Å². The highest BCUT2D eigenvalue weighted by Gasteiger charge is 2.22. The van der Waals surface area contributed by atoms with Gasteiger partial charge < -0.3 is 5.32 Å². The molecular formula is C20H19ClN2O3S2. The molecule has 0 spiro atoms. The van der Waals surface area contributed by atoms with Crippen LogP contribution in [-0.2, 0) is 16.4 Å². The third-order valence-electron chi connectivity index (χ3n) is 4.22. The molecule has 2 aromatic carbocycles. The summed E-state index contributed by atoms with van der Waals surface area (Å²) >= 11 is 7.03. The maximum absolute atomic E-state index is 12.6. The van der Waals surface area contributed by atoms with Crippen LogP contribution in [0, 0.1) is 0 Å². The van der Waals surface area contributed by atoms with Crippen LogP contribution in [0.5, 0.6) is 0 Å². The molecule has 0 fully saturated rings. The van der Waals surface area contributed by atoms with E-state index in [2.05, 4.69) is 5.32 Å². The van der Waals surface area contributed by atoms with E-state index in [1.807, 2.05) is 24.3 Å². The van der Waals surface area contributed by atoms with Crippen LogP contribution in [0.3, 0.4) is 0 Å².